The Bertz CT molecular complexity index is 1200. The SMILES string of the molecule is CCOc1cccc(NC2=C(c3ccc(C)cc3)C(=O)N(Cc3ccc(OC)cc3)C2=O)c1. The fraction of sp³-hybridized carbons (Fsp3) is 0.185. The quantitative estimate of drug-likeness (QED) is 0.508. The number of rotatable bonds is 8. The summed E-state index contributed by atoms with van der Waals surface area (Å²) < 4.78 is 10.8. The van der Waals surface area contributed by atoms with Crippen LogP contribution in [0.3, 0.4) is 0 Å². The van der Waals surface area contributed by atoms with E-state index in [4.69, 9.17) is 9.47 Å². The van der Waals surface area contributed by atoms with Gasteiger partial charge in [0.15, 0.2) is 0 Å². The number of ether oxygens (including phenoxy) is 2. The van der Waals surface area contributed by atoms with E-state index in [0.29, 0.717) is 34.9 Å². The van der Waals surface area contributed by atoms with Gasteiger partial charge in [0, 0.05) is 11.8 Å². The number of benzene rings is 3. The standard InChI is InChI=1S/C27H26N2O4/c1-4-33-23-7-5-6-21(16-23)28-25-24(20-12-8-18(2)9-13-20)26(30)29(27(25)31)17-19-10-14-22(32-3)15-11-19/h5-16,28H,4,17H2,1-3H3. The van der Waals surface area contributed by atoms with E-state index in [1.807, 2.05) is 86.6 Å². The monoisotopic (exact) mass is 442 g/mol. The smallest absolute Gasteiger partial charge is 0.278 e. The minimum absolute atomic E-state index is 0.168. The molecule has 0 spiro atoms. The number of nitrogens with one attached hydrogen (secondary N) is 1. The molecule has 6 heteroatoms. The predicted octanol–water partition coefficient (Wildman–Crippen LogP) is 4.79. The van der Waals surface area contributed by atoms with E-state index < -0.39 is 0 Å². The first-order valence-corrected chi connectivity index (χ1v) is 10.8. The van der Waals surface area contributed by atoms with Crippen LogP contribution in [0.25, 0.3) is 5.57 Å². The molecule has 0 unspecified atom stereocenters. The summed E-state index contributed by atoms with van der Waals surface area (Å²) >= 11 is 0. The fourth-order valence-corrected chi connectivity index (χ4v) is 3.71. The van der Waals surface area contributed by atoms with Crippen LogP contribution >= 0.6 is 0 Å². The normalized spacial score (nSPS) is 13.5. The Morgan fingerprint density at radius 1 is 0.879 bits per heavy atom. The molecule has 0 atom stereocenters. The molecule has 3 aromatic carbocycles. The van der Waals surface area contributed by atoms with E-state index in [0.717, 1.165) is 11.1 Å². The number of aryl methyl sites for hydroxylation is 1. The van der Waals surface area contributed by atoms with Crippen LogP contribution in [0.5, 0.6) is 11.5 Å². The molecule has 1 heterocycles. The highest BCUT2D eigenvalue weighted by atomic mass is 16.5. The molecule has 0 radical (unpaired) electrons. The van der Waals surface area contributed by atoms with Crippen molar-refractivity contribution >= 4 is 23.1 Å². The lowest BCUT2D eigenvalue weighted by atomic mass is 10.0. The molecule has 2 amide bonds. The zero-order valence-electron chi connectivity index (χ0n) is 18.9. The lowest BCUT2D eigenvalue weighted by Gasteiger charge is -2.16. The number of methoxy groups -OCH3 is 1. The molecule has 0 bridgehead atoms. The van der Waals surface area contributed by atoms with E-state index in [1.54, 1.807) is 7.11 Å². The Morgan fingerprint density at radius 2 is 1.61 bits per heavy atom. The van der Waals surface area contributed by atoms with Crippen LogP contribution in [0.15, 0.2) is 78.5 Å². The molecule has 1 aliphatic rings. The van der Waals surface area contributed by atoms with Crippen molar-refractivity contribution in [2.75, 3.05) is 19.0 Å². The van der Waals surface area contributed by atoms with Gasteiger partial charge >= 0.3 is 0 Å². The third kappa shape index (κ3) is 4.75. The van der Waals surface area contributed by atoms with Crippen molar-refractivity contribution in [2.24, 2.45) is 0 Å². The van der Waals surface area contributed by atoms with Crippen molar-refractivity contribution in [3.63, 3.8) is 0 Å². The van der Waals surface area contributed by atoms with E-state index in [-0.39, 0.29) is 24.1 Å². The van der Waals surface area contributed by atoms with Crippen molar-refractivity contribution in [1.29, 1.82) is 0 Å². The first-order chi connectivity index (χ1) is 16.0. The van der Waals surface area contributed by atoms with E-state index in [2.05, 4.69) is 5.32 Å². The van der Waals surface area contributed by atoms with Crippen LogP contribution in [-0.4, -0.2) is 30.4 Å². The van der Waals surface area contributed by atoms with E-state index >= 15 is 0 Å². The first-order valence-electron chi connectivity index (χ1n) is 10.8. The zero-order valence-corrected chi connectivity index (χ0v) is 18.9. The second kappa shape index (κ2) is 9.61. The molecule has 0 aliphatic carbocycles. The van der Waals surface area contributed by atoms with Gasteiger partial charge in [-0.25, -0.2) is 0 Å². The molecule has 1 N–H and O–H groups in total. The van der Waals surface area contributed by atoms with Gasteiger partial charge in [-0.2, -0.15) is 0 Å². The van der Waals surface area contributed by atoms with Gasteiger partial charge in [-0.15, -0.1) is 0 Å². The number of nitrogens with zero attached hydrogens (tertiary/aromatic N) is 1. The molecule has 4 rings (SSSR count). The second-order valence-corrected chi connectivity index (χ2v) is 7.75. The Morgan fingerprint density at radius 3 is 2.27 bits per heavy atom. The number of carbonyl (C=O) groups is 2. The highest BCUT2D eigenvalue weighted by molar-refractivity contribution is 6.36. The van der Waals surface area contributed by atoms with Gasteiger partial charge in [0.05, 0.1) is 25.8 Å². The maximum Gasteiger partial charge on any atom is 0.278 e. The largest absolute Gasteiger partial charge is 0.497 e. The van der Waals surface area contributed by atoms with Gasteiger partial charge in [-0.3, -0.25) is 14.5 Å². The molecule has 168 valence electrons. The summed E-state index contributed by atoms with van der Waals surface area (Å²) in [6.45, 7) is 4.59. The third-order valence-electron chi connectivity index (χ3n) is 5.42. The number of amides is 2. The van der Waals surface area contributed by atoms with Crippen LogP contribution in [0, 0.1) is 6.92 Å². The average Bonchev–Trinajstić information content (AvgIpc) is 3.05. The number of imide groups is 1. The second-order valence-electron chi connectivity index (χ2n) is 7.75. The molecular weight excluding hydrogens is 416 g/mol. The molecule has 33 heavy (non-hydrogen) atoms. The minimum atomic E-state index is -0.367. The minimum Gasteiger partial charge on any atom is -0.497 e. The summed E-state index contributed by atoms with van der Waals surface area (Å²) in [7, 11) is 1.60. The zero-order chi connectivity index (χ0) is 23.4. The Kier molecular flexibility index (Phi) is 6.45. The lowest BCUT2D eigenvalue weighted by Crippen LogP contribution is -2.32. The molecule has 3 aromatic rings. The van der Waals surface area contributed by atoms with Crippen LogP contribution in [-0.2, 0) is 16.1 Å². The fourth-order valence-electron chi connectivity index (χ4n) is 3.71. The highest BCUT2D eigenvalue weighted by Gasteiger charge is 2.39. The molecule has 0 saturated heterocycles. The third-order valence-corrected chi connectivity index (χ3v) is 5.42. The summed E-state index contributed by atoms with van der Waals surface area (Å²) in [5.41, 5.74) is 3.89. The van der Waals surface area contributed by atoms with Gasteiger partial charge in [0.2, 0.25) is 0 Å². The van der Waals surface area contributed by atoms with Gasteiger partial charge < -0.3 is 14.8 Å². The molecule has 0 saturated carbocycles. The topological polar surface area (TPSA) is 67.9 Å². The summed E-state index contributed by atoms with van der Waals surface area (Å²) in [5, 5.41) is 3.18. The number of anilines is 1. The number of carbonyl (C=O) groups excluding carboxylic acids is 2. The first kappa shape index (κ1) is 22.1. The summed E-state index contributed by atoms with van der Waals surface area (Å²) in [4.78, 5) is 28.2. The van der Waals surface area contributed by atoms with Crippen molar-refractivity contribution in [3.8, 4) is 11.5 Å². The number of hydrogen-bond donors (Lipinski definition) is 1. The maximum atomic E-state index is 13.5. The molecular formula is C27H26N2O4. The maximum absolute atomic E-state index is 13.5. The van der Waals surface area contributed by atoms with Crippen molar-refractivity contribution < 1.29 is 19.1 Å². The van der Waals surface area contributed by atoms with Crippen LogP contribution in [0.4, 0.5) is 5.69 Å². The summed E-state index contributed by atoms with van der Waals surface area (Å²) in [5.74, 6) is 0.705. The van der Waals surface area contributed by atoms with Crippen LogP contribution < -0.4 is 14.8 Å². The highest BCUT2D eigenvalue weighted by Crippen LogP contribution is 2.32. The molecule has 1 aliphatic heterocycles. The Hall–Kier alpha value is -4.06. The Labute approximate surface area is 193 Å². The number of hydrogen-bond acceptors (Lipinski definition) is 5. The average molecular weight is 443 g/mol. The van der Waals surface area contributed by atoms with Crippen molar-refractivity contribution in [1.82, 2.24) is 4.90 Å². The van der Waals surface area contributed by atoms with E-state index in [9.17, 15) is 9.59 Å². The van der Waals surface area contributed by atoms with Crippen LogP contribution in [0.1, 0.15) is 23.6 Å². The molecule has 0 aromatic heterocycles. The van der Waals surface area contributed by atoms with Crippen LogP contribution in [0.2, 0.25) is 0 Å². The predicted molar refractivity (Wildman–Crippen MR) is 128 cm³/mol. The van der Waals surface area contributed by atoms with Gasteiger partial charge in [0.1, 0.15) is 17.2 Å². The van der Waals surface area contributed by atoms with Gasteiger partial charge in [0.25, 0.3) is 11.8 Å². The summed E-state index contributed by atoms with van der Waals surface area (Å²) in [6, 6.07) is 22.3. The molecule has 6 nitrogen and oxygen atoms in total. The Balaban J connectivity index is 1.69. The van der Waals surface area contributed by atoms with Gasteiger partial charge in [-0.1, -0.05) is 48.0 Å². The van der Waals surface area contributed by atoms with Crippen molar-refractivity contribution in [2.45, 2.75) is 20.4 Å². The van der Waals surface area contributed by atoms with Crippen molar-refractivity contribution in [3.05, 3.63) is 95.2 Å². The molecule has 0 fully saturated rings. The summed E-state index contributed by atoms with van der Waals surface area (Å²) in [6.07, 6.45) is 0. The van der Waals surface area contributed by atoms with Gasteiger partial charge in [-0.05, 0) is 49.2 Å². The van der Waals surface area contributed by atoms with E-state index in [1.165, 1.54) is 4.90 Å². The lowest BCUT2D eigenvalue weighted by molar-refractivity contribution is -0.137.